The Hall–Kier alpha value is -2.74. The first-order valence-electron chi connectivity index (χ1n) is 9.07. The van der Waals surface area contributed by atoms with Crippen molar-refractivity contribution in [3.8, 4) is 5.75 Å². The molecule has 0 radical (unpaired) electrons. The molecule has 0 spiro atoms. The van der Waals surface area contributed by atoms with Gasteiger partial charge in [0.25, 0.3) is 0 Å². The molecule has 1 fully saturated rings. The number of carbonyl (C=O) groups excluding carboxylic acids is 1. The zero-order valence-electron chi connectivity index (χ0n) is 15.3. The lowest BCUT2D eigenvalue weighted by Crippen LogP contribution is -2.36. The highest BCUT2D eigenvalue weighted by Gasteiger charge is 2.17. The minimum atomic E-state index is -2.88. The van der Waals surface area contributed by atoms with Crippen LogP contribution in [0.3, 0.4) is 0 Å². The van der Waals surface area contributed by atoms with Crippen molar-refractivity contribution in [1.82, 2.24) is 4.90 Å². The smallest absolute Gasteiger partial charge is 0.387 e. The largest absolute Gasteiger partial charge is 0.435 e. The lowest BCUT2D eigenvalue weighted by Gasteiger charge is -2.23. The molecule has 8 heteroatoms. The number of anilines is 2. The second kappa shape index (κ2) is 9.45. The molecule has 0 aromatic heterocycles. The van der Waals surface area contributed by atoms with Crippen LogP contribution in [0.2, 0.25) is 0 Å². The molecular weight excluding hydrogens is 371 g/mol. The number of benzene rings is 2. The summed E-state index contributed by atoms with van der Waals surface area (Å²) in [6.45, 7) is 0.455. The van der Waals surface area contributed by atoms with E-state index in [1.165, 1.54) is 36.4 Å². The van der Waals surface area contributed by atoms with E-state index >= 15 is 0 Å². The minimum Gasteiger partial charge on any atom is -0.435 e. The molecule has 28 heavy (non-hydrogen) atoms. The average molecular weight is 393 g/mol. The average Bonchev–Trinajstić information content (AvgIpc) is 2.89. The van der Waals surface area contributed by atoms with Gasteiger partial charge in [0.15, 0.2) is 0 Å². The zero-order valence-corrected chi connectivity index (χ0v) is 15.3. The molecule has 0 aliphatic carbocycles. The molecule has 1 N–H and O–H groups in total. The van der Waals surface area contributed by atoms with E-state index < -0.39 is 6.61 Å². The van der Waals surface area contributed by atoms with Gasteiger partial charge in [-0.2, -0.15) is 8.78 Å². The molecule has 1 amide bonds. The van der Waals surface area contributed by atoms with Gasteiger partial charge in [-0.25, -0.2) is 4.39 Å². The van der Waals surface area contributed by atoms with Gasteiger partial charge in [0.2, 0.25) is 5.91 Å². The Morgan fingerprint density at radius 2 is 1.71 bits per heavy atom. The monoisotopic (exact) mass is 393 g/mol. The summed E-state index contributed by atoms with van der Waals surface area (Å²) in [5.74, 6) is -0.384. The summed E-state index contributed by atoms with van der Waals surface area (Å²) in [6, 6.07) is 12.2. The third kappa shape index (κ3) is 5.88. The fourth-order valence-electron chi connectivity index (χ4n) is 3.16. The van der Waals surface area contributed by atoms with E-state index in [0.29, 0.717) is 12.2 Å². The Morgan fingerprint density at radius 1 is 1.00 bits per heavy atom. The maximum atomic E-state index is 13.1. The number of rotatable bonds is 6. The lowest BCUT2D eigenvalue weighted by molar-refractivity contribution is -0.117. The molecule has 2 aromatic rings. The van der Waals surface area contributed by atoms with E-state index in [1.54, 1.807) is 12.1 Å². The van der Waals surface area contributed by atoms with E-state index in [-0.39, 0.29) is 24.0 Å². The SMILES string of the molecule is O=C(CN1CCCN(c2ccc(F)cc2)CC1)Nc1ccc(OC(F)F)cc1. The zero-order chi connectivity index (χ0) is 19.9. The summed E-state index contributed by atoms with van der Waals surface area (Å²) in [7, 11) is 0. The van der Waals surface area contributed by atoms with Gasteiger partial charge in [0.05, 0.1) is 6.54 Å². The Labute approximate surface area is 161 Å². The molecule has 1 saturated heterocycles. The van der Waals surface area contributed by atoms with E-state index in [2.05, 4.69) is 19.9 Å². The van der Waals surface area contributed by atoms with Crippen LogP contribution in [0.1, 0.15) is 6.42 Å². The summed E-state index contributed by atoms with van der Waals surface area (Å²) in [4.78, 5) is 16.5. The number of carbonyl (C=O) groups is 1. The van der Waals surface area contributed by atoms with Crippen molar-refractivity contribution in [3.05, 3.63) is 54.3 Å². The van der Waals surface area contributed by atoms with Gasteiger partial charge in [-0.15, -0.1) is 0 Å². The van der Waals surface area contributed by atoms with Crippen molar-refractivity contribution >= 4 is 17.3 Å². The minimum absolute atomic E-state index is 0.0430. The molecule has 0 bridgehead atoms. The second-order valence-electron chi connectivity index (χ2n) is 6.54. The normalized spacial score (nSPS) is 15.4. The van der Waals surface area contributed by atoms with Crippen LogP contribution in [0.4, 0.5) is 24.5 Å². The number of nitrogens with one attached hydrogen (secondary N) is 1. The van der Waals surface area contributed by atoms with Crippen molar-refractivity contribution in [1.29, 1.82) is 0 Å². The number of halogens is 3. The molecule has 0 unspecified atom stereocenters. The van der Waals surface area contributed by atoms with Gasteiger partial charge in [0.1, 0.15) is 11.6 Å². The van der Waals surface area contributed by atoms with E-state index in [1.807, 2.05) is 0 Å². The van der Waals surface area contributed by atoms with Gasteiger partial charge < -0.3 is 15.0 Å². The molecule has 0 saturated carbocycles. The predicted molar refractivity (Wildman–Crippen MR) is 101 cm³/mol. The van der Waals surface area contributed by atoms with Crippen LogP contribution in [0.25, 0.3) is 0 Å². The van der Waals surface area contributed by atoms with Crippen LogP contribution in [0.15, 0.2) is 48.5 Å². The molecule has 1 aliphatic rings. The van der Waals surface area contributed by atoms with Crippen molar-refractivity contribution < 1.29 is 22.7 Å². The molecule has 1 aliphatic heterocycles. The van der Waals surface area contributed by atoms with Crippen molar-refractivity contribution in [2.24, 2.45) is 0 Å². The summed E-state index contributed by atoms with van der Waals surface area (Å²) >= 11 is 0. The van der Waals surface area contributed by atoms with Gasteiger partial charge in [-0.1, -0.05) is 0 Å². The van der Waals surface area contributed by atoms with Crippen LogP contribution >= 0.6 is 0 Å². The number of amides is 1. The molecule has 2 aromatic carbocycles. The summed E-state index contributed by atoms with van der Waals surface area (Å²) in [6.07, 6.45) is 0.893. The van der Waals surface area contributed by atoms with Gasteiger partial charge >= 0.3 is 6.61 Å². The first-order valence-corrected chi connectivity index (χ1v) is 9.07. The fourth-order valence-corrected chi connectivity index (χ4v) is 3.16. The predicted octanol–water partition coefficient (Wildman–Crippen LogP) is 3.58. The molecule has 150 valence electrons. The van der Waals surface area contributed by atoms with Crippen LogP contribution in [-0.4, -0.2) is 50.1 Å². The Kier molecular flexibility index (Phi) is 6.76. The number of nitrogens with zero attached hydrogens (tertiary/aromatic N) is 2. The molecule has 5 nitrogen and oxygen atoms in total. The summed E-state index contributed by atoms with van der Waals surface area (Å²) < 4.78 is 41.7. The maximum Gasteiger partial charge on any atom is 0.387 e. The van der Waals surface area contributed by atoms with Crippen LogP contribution in [-0.2, 0) is 4.79 Å². The third-order valence-electron chi connectivity index (χ3n) is 4.51. The van der Waals surface area contributed by atoms with E-state index in [4.69, 9.17) is 0 Å². The number of ether oxygens (including phenoxy) is 1. The third-order valence-corrected chi connectivity index (χ3v) is 4.51. The second-order valence-corrected chi connectivity index (χ2v) is 6.54. The topological polar surface area (TPSA) is 44.8 Å². The summed E-state index contributed by atoms with van der Waals surface area (Å²) in [5.41, 5.74) is 1.49. The van der Waals surface area contributed by atoms with Crippen LogP contribution in [0.5, 0.6) is 5.75 Å². The molecule has 3 rings (SSSR count). The quantitative estimate of drug-likeness (QED) is 0.815. The summed E-state index contributed by atoms with van der Waals surface area (Å²) in [5, 5.41) is 2.76. The highest BCUT2D eigenvalue weighted by Crippen LogP contribution is 2.19. The Balaban J connectivity index is 1.48. The molecule has 0 atom stereocenters. The highest BCUT2D eigenvalue weighted by atomic mass is 19.3. The van der Waals surface area contributed by atoms with Gasteiger partial charge in [-0.05, 0) is 55.0 Å². The highest BCUT2D eigenvalue weighted by molar-refractivity contribution is 5.92. The van der Waals surface area contributed by atoms with Crippen LogP contribution in [0, 0.1) is 5.82 Å². The Morgan fingerprint density at radius 3 is 2.39 bits per heavy atom. The van der Waals surface area contributed by atoms with E-state index in [9.17, 15) is 18.0 Å². The lowest BCUT2D eigenvalue weighted by atomic mass is 10.2. The fraction of sp³-hybridized carbons (Fsp3) is 0.350. The van der Waals surface area contributed by atoms with E-state index in [0.717, 1.165) is 31.7 Å². The number of alkyl halides is 2. The first-order chi connectivity index (χ1) is 13.5. The maximum absolute atomic E-state index is 13.1. The van der Waals surface area contributed by atoms with Crippen molar-refractivity contribution in [2.75, 3.05) is 42.9 Å². The van der Waals surface area contributed by atoms with Gasteiger partial charge in [-0.3, -0.25) is 9.69 Å². The molecular formula is C20H22F3N3O2. The molecule has 1 heterocycles. The van der Waals surface area contributed by atoms with Crippen molar-refractivity contribution in [3.63, 3.8) is 0 Å². The Bertz CT molecular complexity index is 769. The number of hydrogen-bond acceptors (Lipinski definition) is 4. The first kappa shape index (κ1) is 20.0. The standard InChI is InChI=1S/C20H22F3N3O2/c21-15-2-6-17(7-3-15)26-11-1-10-25(12-13-26)14-19(27)24-16-4-8-18(9-5-16)28-20(22)23/h2-9,20H,1,10-14H2,(H,24,27). The van der Waals surface area contributed by atoms with Crippen molar-refractivity contribution in [2.45, 2.75) is 13.0 Å². The number of hydrogen-bond donors (Lipinski definition) is 1. The van der Waals surface area contributed by atoms with Gasteiger partial charge in [0, 0.05) is 37.6 Å². The van der Waals surface area contributed by atoms with Crippen LogP contribution < -0.4 is 15.0 Å².